The maximum absolute atomic E-state index is 13.6. The van der Waals surface area contributed by atoms with Gasteiger partial charge >= 0.3 is 33.5 Å². The number of aromatic hydroxyl groups is 2. The molecule has 6 aromatic rings. The van der Waals surface area contributed by atoms with E-state index in [9.17, 15) is 88.7 Å². The number of carbonyl (C=O) groups excluding carboxylic acids is 3. The van der Waals surface area contributed by atoms with E-state index in [1.54, 1.807) is 89.7 Å². The van der Waals surface area contributed by atoms with E-state index in [1.807, 2.05) is 26.8 Å². The van der Waals surface area contributed by atoms with Crippen LogP contribution >= 0.6 is 47.8 Å². The highest BCUT2D eigenvalue weighted by atomic mass is 79.9. The molecule has 4 aliphatic rings. The van der Waals surface area contributed by atoms with Crippen LogP contribution in [0.1, 0.15) is 273 Å². The van der Waals surface area contributed by atoms with Gasteiger partial charge in [-0.2, -0.15) is 47.9 Å². The molecule has 4 aliphatic heterocycles. The summed E-state index contributed by atoms with van der Waals surface area (Å²) in [6.45, 7) is 22.0. The quantitative estimate of drug-likeness (QED) is 0.00581. The SMILES string of the molecule is C.C=CCCC.CC(=O)Oc1ccc(Br)c(F)c1F.CC(=O)Oc1ccc(Br)c(F)c1F.CCCCCB1C2CCCC1CCC2.CCCCCB1C2CCCC1CCC2.CCCCCc1ccc(O)c(F)c1F.CCCCCc1ccc(OC(C)=O)c(F)c1F.CCCCCc1ccc(OS(=O)(=O)C(F)(F)F)c(F)c1F.Oc1ccc(Br)c(F)c1F. The van der Waals surface area contributed by atoms with Gasteiger partial charge in [0, 0.05) is 20.8 Å². The summed E-state index contributed by atoms with van der Waals surface area (Å²) in [6, 6.07) is 14.2. The Morgan fingerprint density at radius 1 is 0.393 bits per heavy atom. The van der Waals surface area contributed by atoms with Crippen molar-refractivity contribution in [3.05, 3.63) is 185 Å². The fraction of sp³-hybridized carbons (Fsp3) is 0.544. The molecule has 0 aliphatic carbocycles. The molecular formula is C90H120B2Br3F15O11S. The van der Waals surface area contributed by atoms with E-state index in [4.69, 9.17) is 10.2 Å². The lowest BCUT2D eigenvalue weighted by Crippen LogP contribution is -2.34. The minimum absolute atomic E-state index is 0. The smallest absolute Gasteiger partial charge is 0.505 e. The van der Waals surface area contributed by atoms with Crippen molar-refractivity contribution in [2.45, 2.75) is 317 Å². The molecule has 32 heteroatoms. The molecule has 0 atom stereocenters. The van der Waals surface area contributed by atoms with E-state index in [1.165, 1.54) is 99.5 Å². The average molecular weight is 1960 g/mol. The molecule has 4 heterocycles. The highest BCUT2D eigenvalue weighted by Crippen LogP contribution is 2.50. The van der Waals surface area contributed by atoms with E-state index in [2.05, 4.69) is 93.5 Å². The second kappa shape index (κ2) is 60.9. The lowest BCUT2D eigenvalue weighted by molar-refractivity contribution is -0.133. The molecule has 2 N–H and O–H groups in total. The summed E-state index contributed by atoms with van der Waals surface area (Å²) in [7, 11) is -6.03. The molecule has 6 aromatic carbocycles. The number of hydrogen-bond donors (Lipinski definition) is 2. The molecule has 4 saturated heterocycles. The standard InChI is InChI=1S/2C13H25B.C13H16F2O2.C12H13F5O3S.C11H14F2O.2C8H5BrF2O2.C6H3BrF2O.C5H10.CH4/c2*1-2-3-4-11-14-12-7-5-8-13(14)10-6-9-12;1-3-4-5-6-10-7-8-11(17-9(2)16)13(15)12(10)14;1-2-3-4-5-8-6-7-9(11(14)10(8)13)20-21(18,19)12(15,16)17;1-2-3-4-5-8-6-7-9(14)11(13)10(8)12;2*1-4(12)13-6-3-2-5(9)7(10)8(6)11;7-3-1-2-4(10)6(9)5(3)8;1-3-5-4-2;/h2*12-13H,2-11H2,1H3;7-8H,3-6H2,1-2H3;6-7H,2-5H2,1H3;6-7,14H,2-5H2,1H3;2*2-3H,1H3;1-2,10H;3H,1,4-5H2,2H3;1H4. The number of unbranched alkanes of at least 4 members (excludes halogenated alkanes) is 11. The van der Waals surface area contributed by atoms with Gasteiger partial charge in [0.25, 0.3) is 0 Å². The summed E-state index contributed by atoms with van der Waals surface area (Å²) in [5.74, 6) is -15.3. The predicted molar refractivity (Wildman–Crippen MR) is 466 cm³/mol. The highest BCUT2D eigenvalue weighted by molar-refractivity contribution is 9.11. The Labute approximate surface area is 738 Å². The van der Waals surface area contributed by atoms with Gasteiger partial charge in [-0.3, -0.25) is 14.4 Å². The lowest BCUT2D eigenvalue weighted by Gasteiger charge is -2.40. The normalized spacial score (nSPS) is 15.3. The number of esters is 3. The van der Waals surface area contributed by atoms with E-state index in [-0.39, 0.29) is 38.6 Å². The summed E-state index contributed by atoms with van der Waals surface area (Å²) < 4.78 is 231. The summed E-state index contributed by atoms with van der Waals surface area (Å²) in [5, 5.41) is 17.5. The predicted octanol–water partition coefficient (Wildman–Crippen LogP) is 30.9. The molecular weight excluding hydrogens is 1840 g/mol. The molecule has 4 fully saturated rings. The Hall–Kier alpha value is -6.66. The van der Waals surface area contributed by atoms with Gasteiger partial charge in [-0.25, -0.2) is 26.3 Å². The third kappa shape index (κ3) is 40.3. The van der Waals surface area contributed by atoms with Crippen LogP contribution < -0.4 is 18.4 Å². The molecule has 0 aromatic heterocycles. The van der Waals surface area contributed by atoms with Crippen molar-refractivity contribution in [3.63, 3.8) is 0 Å². The maximum atomic E-state index is 13.6. The Kier molecular flexibility index (Phi) is 56.6. The molecule has 684 valence electrons. The molecule has 4 bridgehead atoms. The van der Waals surface area contributed by atoms with Gasteiger partial charge in [0.2, 0.25) is 34.9 Å². The number of phenols is 2. The van der Waals surface area contributed by atoms with Crippen LogP contribution in [0, 0.1) is 69.8 Å². The molecule has 122 heavy (non-hydrogen) atoms. The van der Waals surface area contributed by atoms with Crippen molar-refractivity contribution < 1.29 is 117 Å². The minimum atomic E-state index is -6.03. The first-order valence-corrected chi connectivity index (χ1v) is 45.4. The first-order chi connectivity index (χ1) is 57.2. The average Bonchev–Trinajstić information content (AvgIpc) is 0.796. The summed E-state index contributed by atoms with van der Waals surface area (Å²) in [6.07, 6.45) is 44.0. The largest absolute Gasteiger partial charge is 0.534 e. The molecule has 0 spiro atoms. The Bertz CT molecular complexity index is 4070. The second-order valence-corrected chi connectivity index (χ2v) is 34.0. The van der Waals surface area contributed by atoms with E-state index in [0.717, 1.165) is 127 Å². The van der Waals surface area contributed by atoms with E-state index in [0.29, 0.717) is 36.5 Å². The molecule has 0 unspecified atom stereocenters. The lowest BCUT2D eigenvalue weighted by atomic mass is 9.26. The van der Waals surface area contributed by atoms with Gasteiger partial charge in [0.1, 0.15) is 13.4 Å². The third-order valence-electron chi connectivity index (χ3n) is 20.6. The minimum Gasteiger partial charge on any atom is -0.505 e. The van der Waals surface area contributed by atoms with Crippen molar-refractivity contribution >= 4 is 89.2 Å². The van der Waals surface area contributed by atoms with Crippen molar-refractivity contribution in [2.75, 3.05) is 0 Å². The number of carbonyl (C=O) groups is 3. The van der Waals surface area contributed by atoms with E-state index >= 15 is 0 Å². The van der Waals surface area contributed by atoms with Gasteiger partial charge < -0.3 is 28.6 Å². The Morgan fingerprint density at radius 2 is 0.648 bits per heavy atom. The number of phenolic OH excluding ortho intramolecular Hbond substituents is 2. The topological polar surface area (TPSA) is 163 Å². The summed E-state index contributed by atoms with van der Waals surface area (Å²) >= 11 is 8.34. The number of fused-ring (bicyclic) bond motifs is 4. The van der Waals surface area contributed by atoms with Gasteiger partial charge in [-0.05, 0) is 164 Å². The number of hydrogen-bond acceptors (Lipinski definition) is 11. The van der Waals surface area contributed by atoms with Gasteiger partial charge in [-0.15, -0.1) is 6.58 Å². The zero-order valence-corrected chi connectivity index (χ0v) is 76.1. The molecule has 0 amide bonds. The van der Waals surface area contributed by atoms with Crippen LogP contribution in [0.15, 0.2) is 98.9 Å². The van der Waals surface area contributed by atoms with Gasteiger partial charge in [-0.1, -0.05) is 270 Å². The molecule has 0 radical (unpaired) electrons. The Balaban J connectivity index is 0.000000695. The number of aryl methyl sites for hydroxylation is 3. The van der Waals surface area contributed by atoms with Crippen LogP contribution in [0.3, 0.4) is 0 Å². The number of halogens is 18. The van der Waals surface area contributed by atoms with Crippen molar-refractivity contribution in [1.29, 1.82) is 0 Å². The first kappa shape index (κ1) is 113. The monoisotopic (exact) mass is 1950 g/mol. The Morgan fingerprint density at radius 3 is 0.934 bits per heavy atom. The van der Waals surface area contributed by atoms with Gasteiger partial charge in [0.15, 0.2) is 69.4 Å². The zero-order valence-electron chi connectivity index (χ0n) is 70.5. The number of allylic oxidation sites excluding steroid dienone is 1. The van der Waals surface area contributed by atoms with Crippen LogP contribution in [-0.2, 0) is 43.8 Å². The summed E-state index contributed by atoms with van der Waals surface area (Å²) in [4.78, 5) is 31.5. The fourth-order valence-electron chi connectivity index (χ4n) is 14.5. The fourth-order valence-corrected chi connectivity index (χ4v) is 15.9. The third-order valence-corrected chi connectivity index (χ3v) is 23.4. The highest BCUT2D eigenvalue weighted by Gasteiger charge is 2.49. The van der Waals surface area contributed by atoms with Crippen LogP contribution in [0.2, 0.25) is 35.9 Å². The molecule has 11 nitrogen and oxygen atoms in total. The number of alkyl halides is 3. The van der Waals surface area contributed by atoms with Gasteiger partial charge in [0.05, 0.1) is 13.4 Å². The number of benzene rings is 6. The second-order valence-electron chi connectivity index (χ2n) is 29.9. The van der Waals surface area contributed by atoms with Crippen LogP contribution in [0.25, 0.3) is 0 Å². The number of ether oxygens (including phenoxy) is 3. The summed E-state index contributed by atoms with van der Waals surface area (Å²) in [5.41, 5.74) is -5.09. The van der Waals surface area contributed by atoms with Crippen molar-refractivity contribution in [2.24, 2.45) is 0 Å². The van der Waals surface area contributed by atoms with Crippen LogP contribution in [0.5, 0.6) is 34.5 Å². The number of rotatable bonds is 27. The maximum Gasteiger partial charge on any atom is 0.534 e. The van der Waals surface area contributed by atoms with Crippen molar-refractivity contribution in [3.8, 4) is 34.5 Å². The molecule has 10 rings (SSSR count). The van der Waals surface area contributed by atoms with Crippen molar-refractivity contribution in [1.82, 2.24) is 0 Å². The molecule has 0 saturated carbocycles. The zero-order chi connectivity index (χ0) is 91.1. The van der Waals surface area contributed by atoms with E-state index < -0.39 is 132 Å². The van der Waals surface area contributed by atoms with Crippen LogP contribution in [0.4, 0.5) is 65.9 Å². The first-order valence-electron chi connectivity index (χ1n) is 41.6. The van der Waals surface area contributed by atoms with Crippen LogP contribution in [-0.4, -0.2) is 55.5 Å².